The number of halogens is 1. The number of hydrogen-bond acceptors (Lipinski definition) is 7. The molecule has 0 radical (unpaired) electrons. The monoisotopic (exact) mass is 442 g/mol. The van der Waals surface area contributed by atoms with Crippen LogP contribution in [0.15, 0.2) is 42.6 Å². The third-order valence-electron chi connectivity index (χ3n) is 5.25. The van der Waals surface area contributed by atoms with E-state index in [1.165, 1.54) is 0 Å². The molecule has 166 valence electrons. The lowest BCUT2D eigenvalue weighted by Crippen LogP contribution is -2.15. The van der Waals surface area contributed by atoms with Crippen molar-refractivity contribution in [2.45, 2.75) is 39.7 Å². The Hall–Kier alpha value is -4.19. The largest absolute Gasteiger partial charge is 0.381 e. The summed E-state index contributed by atoms with van der Waals surface area (Å²) in [6.45, 7) is 8.45. The van der Waals surface area contributed by atoms with E-state index in [4.69, 9.17) is 10.7 Å². The van der Waals surface area contributed by atoms with Gasteiger partial charge in [-0.25, -0.2) is 19.0 Å². The number of rotatable bonds is 4. The molecule has 8 nitrogen and oxygen atoms in total. The van der Waals surface area contributed by atoms with E-state index >= 15 is 0 Å². The minimum atomic E-state index is -0.771. The Bertz CT molecular complexity index is 1380. The van der Waals surface area contributed by atoms with E-state index in [0.29, 0.717) is 23.2 Å². The normalized spacial score (nSPS) is 11.4. The van der Waals surface area contributed by atoms with Gasteiger partial charge >= 0.3 is 0 Å². The number of nitrogen functional groups attached to an aromatic ring is 1. The molecule has 1 aromatic carbocycles. The van der Waals surface area contributed by atoms with Gasteiger partial charge in [-0.05, 0) is 30.7 Å². The second-order valence-electron chi connectivity index (χ2n) is 8.75. The number of pyridine rings is 1. The molecule has 0 unspecified atom stereocenters. The summed E-state index contributed by atoms with van der Waals surface area (Å²) in [5.74, 6) is -0.855. The Balaban J connectivity index is 1.70. The molecule has 3 heterocycles. The maximum atomic E-state index is 14.9. The maximum absolute atomic E-state index is 14.9. The first kappa shape index (κ1) is 22.0. The summed E-state index contributed by atoms with van der Waals surface area (Å²) in [7, 11) is 0. The molecule has 0 atom stereocenters. The lowest BCUT2D eigenvalue weighted by molar-refractivity contribution is 0.559. The Labute approximate surface area is 191 Å². The van der Waals surface area contributed by atoms with Gasteiger partial charge in [0.1, 0.15) is 11.4 Å². The van der Waals surface area contributed by atoms with Crippen molar-refractivity contribution in [3.63, 3.8) is 0 Å². The summed E-state index contributed by atoms with van der Waals surface area (Å²) < 4.78 is 16.4. The van der Waals surface area contributed by atoms with Gasteiger partial charge in [-0.2, -0.15) is 5.26 Å². The lowest BCUT2D eigenvalue weighted by Gasteiger charge is -2.18. The molecule has 9 heteroatoms. The van der Waals surface area contributed by atoms with Crippen molar-refractivity contribution in [1.29, 1.82) is 5.26 Å². The van der Waals surface area contributed by atoms with Gasteiger partial charge in [0.15, 0.2) is 17.5 Å². The van der Waals surface area contributed by atoms with Gasteiger partial charge in [-0.1, -0.05) is 44.2 Å². The van der Waals surface area contributed by atoms with Crippen LogP contribution < -0.4 is 5.73 Å². The van der Waals surface area contributed by atoms with E-state index in [0.717, 1.165) is 11.4 Å². The molecule has 0 fully saturated rings. The van der Waals surface area contributed by atoms with Gasteiger partial charge in [0.2, 0.25) is 0 Å². The van der Waals surface area contributed by atoms with Crippen molar-refractivity contribution in [1.82, 2.24) is 29.9 Å². The van der Waals surface area contributed by atoms with Gasteiger partial charge < -0.3 is 5.73 Å². The highest BCUT2D eigenvalue weighted by molar-refractivity contribution is 5.69. The molecular formula is C24H23FN8. The van der Waals surface area contributed by atoms with Crippen LogP contribution in [0, 0.1) is 24.1 Å². The van der Waals surface area contributed by atoms with Crippen LogP contribution in [0.3, 0.4) is 0 Å². The highest BCUT2D eigenvalue weighted by atomic mass is 19.1. The number of aromatic nitrogens is 6. The van der Waals surface area contributed by atoms with Crippen LogP contribution in [0.25, 0.3) is 22.8 Å². The molecular weight excluding hydrogens is 419 g/mol. The van der Waals surface area contributed by atoms with Gasteiger partial charge in [0, 0.05) is 16.7 Å². The van der Waals surface area contributed by atoms with Gasteiger partial charge in [0.05, 0.1) is 30.1 Å². The Morgan fingerprint density at radius 3 is 2.58 bits per heavy atom. The molecule has 4 rings (SSSR count). The van der Waals surface area contributed by atoms with Crippen LogP contribution >= 0.6 is 0 Å². The number of nitrogens with zero attached hydrogens (tertiary/aromatic N) is 7. The summed E-state index contributed by atoms with van der Waals surface area (Å²) in [5.41, 5.74) is 9.48. The van der Waals surface area contributed by atoms with E-state index in [2.05, 4.69) is 47.1 Å². The summed E-state index contributed by atoms with van der Waals surface area (Å²) >= 11 is 0. The standard InChI is InChI=1S/C24H23FN8/c1-14-15(11-26)7-5-9-17(14)23-29-21(20(25)22(27)30-23)18-13-33(32-31-18)12-16-8-6-10-19(28-16)24(2,3)4/h5-10,13H,12H2,1-4H3,(H2,27,29,30). The second-order valence-corrected chi connectivity index (χ2v) is 8.75. The molecule has 33 heavy (non-hydrogen) atoms. The third-order valence-corrected chi connectivity index (χ3v) is 5.25. The van der Waals surface area contributed by atoms with Crippen LogP contribution in [-0.4, -0.2) is 29.9 Å². The number of hydrogen-bond donors (Lipinski definition) is 1. The van der Waals surface area contributed by atoms with Crippen LogP contribution in [0.4, 0.5) is 10.2 Å². The van der Waals surface area contributed by atoms with Crippen LogP contribution in [-0.2, 0) is 12.0 Å². The number of nitriles is 1. The number of nitrogens with two attached hydrogens (primary N) is 1. The molecule has 0 saturated carbocycles. The average molecular weight is 443 g/mol. The number of benzene rings is 1. The molecule has 0 amide bonds. The SMILES string of the molecule is Cc1c(C#N)cccc1-c1nc(N)c(F)c(-c2cn(Cc3cccc(C(C)(C)C)n3)nn2)n1. The molecule has 0 aliphatic carbocycles. The van der Waals surface area contributed by atoms with E-state index in [9.17, 15) is 9.65 Å². The Morgan fingerprint density at radius 2 is 1.85 bits per heavy atom. The van der Waals surface area contributed by atoms with Gasteiger partial charge in [-0.15, -0.1) is 5.10 Å². The maximum Gasteiger partial charge on any atom is 0.193 e. The zero-order valence-electron chi connectivity index (χ0n) is 18.8. The van der Waals surface area contributed by atoms with Crippen molar-refractivity contribution >= 4 is 5.82 Å². The average Bonchev–Trinajstić information content (AvgIpc) is 3.23. The Kier molecular flexibility index (Phi) is 5.60. The van der Waals surface area contributed by atoms with Crippen LogP contribution in [0.2, 0.25) is 0 Å². The summed E-state index contributed by atoms with van der Waals surface area (Å²) in [5, 5.41) is 17.5. The highest BCUT2D eigenvalue weighted by Gasteiger charge is 2.20. The van der Waals surface area contributed by atoms with E-state index in [1.807, 2.05) is 18.2 Å². The summed E-state index contributed by atoms with van der Waals surface area (Å²) in [4.78, 5) is 13.2. The van der Waals surface area contributed by atoms with Crippen molar-refractivity contribution in [3.8, 4) is 28.8 Å². The molecule has 0 spiro atoms. The minimum Gasteiger partial charge on any atom is -0.381 e. The van der Waals surface area contributed by atoms with E-state index in [1.54, 1.807) is 36.0 Å². The quantitative estimate of drug-likeness (QED) is 0.506. The topological polar surface area (TPSA) is 119 Å². The molecule has 0 saturated heterocycles. The van der Waals surface area contributed by atoms with Crippen molar-refractivity contribution in [2.24, 2.45) is 0 Å². The molecule has 0 aliphatic rings. The first-order chi connectivity index (χ1) is 15.7. The molecule has 4 aromatic rings. The van der Waals surface area contributed by atoms with Crippen molar-refractivity contribution < 1.29 is 4.39 Å². The predicted octanol–water partition coefficient (Wildman–Crippen LogP) is 4.04. The lowest BCUT2D eigenvalue weighted by atomic mass is 9.91. The molecule has 3 aromatic heterocycles. The number of anilines is 1. The van der Waals surface area contributed by atoms with Gasteiger partial charge in [0.25, 0.3) is 0 Å². The molecule has 0 aliphatic heterocycles. The van der Waals surface area contributed by atoms with E-state index in [-0.39, 0.29) is 28.4 Å². The summed E-state index contributed by atoms with van der Waals surface area (Å²) in [6, 6.07) is 13.1. The summed E-state index contributed by atoms with van der Waals surface area (Å²) in [6.07, 6.45) is 1.60. The van der Waals surface area contributed by atoms with Crippen molar-refractivity contribution in [3.05, 3.63) is 70.9 Å². The molecule has 0 bridgehead atoms. The fourth-order valence-corrected chi connectivity index (χ4v) is 3.39. The fraction of sp³-hybridized carbons (Fsp3) is 0.250. The smallest absolute Gasteiger partial charge is 0.193 e. The van der Waals surface area contributed by atoms with Crippen molar-refractivity contribution in [2.75, 3.05) is 5.73 Å². The van der Waals surface area contributed by atoms with E-state index < -0.39 is 5.82 Å². The third kappa shape index (κ3) is 4.41. The first-order valence-corrected chi connectivity index (χ1v) is 10.4. The fourth-order valence-electron chi connectivity index (χ4n) is 3.39. The van der Waals surface area contributed by atoms with Gasteiger partial charge in [-0.3, -0.25) is 4.98 Å². The van der Waals surface area contributed by atoms with Crippen LogP contribution in [0.1, 0.15) is 43.3 Å². The predicted molar refractivity (Wildman–Crippen MR) is 122 cm³/mol. The molecule has 2 N–H and O–H groups in total. The first-order valence-electron chi connectivity index (χ1n) is 10.4. The Morgan fingerprint density at radius 1 is 1.09 bits per heavy atom. The zero-order chi connectivity index (χ0) is 23.8. The minimum absolute atomic E-state index is 0.0538. The zero-order valence-corrected chi connectivity index (χ0v) is 18.8. The van der Waals surface area contributed by atoms with Crippen LogP contribution in [0.5, 0.6) is 0 Å². The second kappa shape index (κ2) is 8.39. The highest BCUT2D eigenvalue weighted by Crippen LogP contribution is 2.28.